The van der Waals surface area contributed by atoms with Crippen LogP contribution in [0.15, 0.2) is 17.0 Å². The molecule has 1 N–H and O–H groups in total. The van der Waals surface area contributed by atoms with Crippen molar-refractivity contribution in [2.75, 3.05) is 0 Å². The van der Waals surface area contributed by atoms with Crippen molar-refractivity contribution in [2.45, 2.75) is 19.2 Å². The van der Waals surface area contributed by atoms with Gasteiger partial charge in [0.05, 0.1) is 4.88 Å². The molecule has 0 radical (unpaired) electrons. The zero-order chi connectivity index (χ0) is 12.6. The Morgan fingerprint density at radius 1 is 1.35 bits per heavy atom. The first-order chi connectivity index (χ1) is 7.89. The number of aliphatic hydroxyl groups is 1. The molecule has 17 heavy (non-hydrogen) atoms. The maximum atomic E-state index is 12.4. The van der Waals surface area contributed by atoms with Crippen LogP contribution < -0.4 is 0 Å². The molecule has 7 heteroatoms. The highest BCUT2D eigenvalue weighted by Crippen LogP contribution is 2.36. The Morgan fingerprint density at radius 3 is 2.53 bits per heavy atom. The number of nitrogens with zero attached hydrogens (tertiary/aromatic N) is 1. The van der Waals surface area contributed by atoms with Gasteiger partial charge < -0.3 is 5.11 Å². The lowest BCUT2D eigenvalue weighted by molar-refractivity contribution is -0.137. The van der Waals surface area contributed by atoms with Crippen molar-refractivity contribution in [3.05, 3.63) is 38.0 Å². The van der Waals surface area contributed by atoms with Gasteiger partial charge in [0.2, 0.25) is 0 Å². The van der Waals surface area contributed by atoms with Gasteiger partial charge in [-0.1, -0.05) is 0 Å². The van der Waals surface area contributed by atoms with Gasteiger partial charge >= 0.3 is 6.18 Å². The molecule has 1 unspecified atom stereocenters. The summed E-state index contributed by atoms with van der Waals surface area (Å²) in [6.45, 7) is 1.81. The van der Waals surface area contributed by atoms with Crippen LogP contribution in [0.3, 0.4) is 0 Å². The smallest absolute Gasteiger partial charge is 0.383 e. The average molecular weight is 279 g/mol. The second-order valence-electron chi connectivity index (χ2n) is 3.48. The van der Waals surface area contributed by atoms with E-state index in [9.17, 15) is 18.3 Å². The number of aromatic nitrogens is 1. The van der Waals surface area contributed by atoms with Crippen molar-refractivity contribution in [2.24, 2.45) is 0 Å². The average Bonchev–Trinajstić information content (AvgIpc) is 2.83. The van der Waals surface area contributed by atoms with Crippen LogP contribution in [0.25, 0.3) is 0 Å². The molecule has 2 nitrogen and oxygen atoms in total. The first kappa shape index (κ1) is 12.5. The van der Waals surface area contributed by atoms with Gasteiger partial charge in [0.25, 0.3) is 0 Å². The summed E-state index contributed by atoms with van der Waals surface area (Å²) in [7, 11) is 0. The van der Waals surface area contributed by atoms with Crippen molar-refractivity contribution in [1.29, 1.82) is 0 Å². The van der Waals surface area contributed by atoms with Gasteiger partial charge in [-0.05, 0) is 28.8 Å². The third kappa shape index (κ3) is 2.51. The van der Waals surface area contributed by atoms with Crippen molar-refractivity contribution in [1.82, 2.24) is 4.98 Å². The van der Waals surface area contributed by atoms with Crippen LogP contribution in [0.4, 0.5) is 13.2 Å². The van der Waals surface area contributed by atoms with Gasteiger partial charge in [-0.15, -0.1) is 11.3 Å². The molecule has 0 aliphatic heterocycles. The molecule has 92 valence electrons. The van der Waals surface area contributed by atoms with Crippen molar-refractivity contribution in [3.8, 4) is 0 Å². The minimum absolute atomic E-state index is 0.207. The third-order valence-electron chi connectivity index (χ3n) is 2.23. The standard InChI is InChI=1S/C10H8F3NOS2/c1-5-3-16-4-6(5)8(15)7-2-14-9(17-7)10(11,12)13/h2-4,8,15H,1H3. The monoisotopic (exact) mass is 279 g/mol. The van der Waals surface area contributed by atoms with Crippen LogP contribution in [0.5, 0.6) is 0 Å². The van der Waals surface area contributed by atoms with E-state index in [1.807, 2.05) is 5.38 Å². The fourth-order valence-corrected chi connectivity index (χ4v) is 3.01. The van der Waals surface area contributed by atoms with Gasteiger partial charge in [-0.2, -0.15) is 24.5 Å². The number of thiophene rings is 1. The molecule has 0 amide bonds. The van der Waals surface area contributed by atoms with Crippen LogP contribution in [0, 0.1) is 6.92 Å². The molecule has 0 aliphatic carbocycles. The minimum atomic E-state index is -4.45. The van der Waals surface area contributed by atoms with E-state index < -0.39 is 17.3 Å². The molecule has 0 aliphatic rings. The highest BCUT2D eigenvalue weighted by molar-refractivity contribution is 7.11. The van der Waals surface area contributed by atoms with Gasteiger partial charge in [0, 0.05) is 6.20 Å². The number of alkyl halides is 3. The topological polar surface area (TPSA) is 33.1 Å². The molecule has 0 bridgehead atoms. The molecule has 2 aromatic heterocycles. The minimum Gasteiger partial charge on any atom is -0.383 e. The fraction of sp³-hybridized carbons (Fsp3) is 0.300. The predicted molar refractivity (Wildman–Crippen MR) is 60.2 cm³/mol. The SMILES string of the molecule is Cc1cscc1C(O)c1cnc(C(F)(F)F)s1. The maximum Gasteiger partial charge on any atom is 0.443 e. The quantitative estimate of drug-likeness (QED) is 0.911. The zero-order valence-electron chi connectivity index (χ0n) is 8.65. The molecule has 0 spiro atoms. The summed E-state index contributed by atoms with van der Waals surface area (Å²) in [5.41, 5.74) is 1.50. The number of rotatable bonds is 2. The molecule has 0 fully saturated rings. The van der Waals surface area contributed by atoms with Crippen LogP contribution >= 0.6 is 22.7 Å². The summed E-state index contributed by atoms with van der Waals surface area (Å²) in [4.78, 5) is 3.49. The summed E-state index contributed by atoms with van der Waals surface area (Å²) >= 11 is 1.88. The van der Waals surface area contributed by atoms with E-state index in [4.69, 9.17) is 0 Å². The van der Waals surface area contributed by atoms with E-state index >= 15 is 0 Å². The Labute approximate surface area is 103 Å². The second-order valence-corrected chi connectivity index (χ2v) is 5.28. The molecule has 0 aromatic carbocycles. The number of aliphatic hydroxyl groups excluding tert-OH is 1. The summed E-state index contributed by atoms with van der Waals surface area (Å²) in [6, 6.07) is 0. The number of hydrogen-bond acceptors (Lipinski definition) is 4. The Morgan fingerprint density at radius 2 is 2.06 bits per heavy atom. The largest absolute Gasteiger partial charge is 0.443 e. The summed E-state index contributed by atoms with van der Waals surface area (Å²) in [5.74, 6) is 0. The summed E-state index contributed by atoms with van der Waals surface area (Å²) in [6.07, 6.45) is -4.41. The second kappa shape index (κ2) is 4.40. The normalized spacial score (nSPS) is 13.9. The first-order valence-electron chi connectivity index (χ1n) is 4.63. The van der Waals surface area contributed by atoms with Crippen molar-refractivity contribution >= 4 is 22.7 Å². The van der Waals surface area contributed by atoms with E-state index in [1.54, 1.807) is 12.3 Å². The van der Waals surface area contributed by atoms with Crippen LogP contribution in [0.2, 0.25) is 0 Å². The van der Waals surface area contributed by atoms with E-state index in [-0.39, 0.29) is 4.88 Å². The maximum absolute atomic E-state index is 12.4. The zero-order valence-corrected chi connectivity index (χ0v) is 10.3. The number of thiazole rings is 1. The molecule has 1 atom stereocenters. The van der Waals surface area contributed by atoms with Gasteiger partial charge in [-0.25, -0.2) is 4.98 Å². The Kier molecular flexibility index (Phi) is 3.24. The van der Waals surface area contributed by atoms with E-state index in [0.717, 1.165) is 11.8 Å². The molecule has 0 saturated heterocycles. The van der Waals surface area contributed by atoms with Crippen LogP contribution in [-0.4, -0.2) is 10.1 Å². The summed E-state index contributed by atoms with van der Waals surface area (Å²) < 4.78 is 37.1. The highest BCUT2D eigenvalue weighted by atomic mass is 32.1. The molecular weight excluding hydrogens is 271 g/mol. The summed E-state index contributed by atoms with van der Waals surface area (Å²) in [5, 5.41) is 12.6. The van der Waals surface area contributed by atoms with Gasteiger partial charge in [-0.3, -0.25) is 0 Å². The molecule has 2 rings (SSSR count). The number of aryl methyl sites for hydroxylation is 1. The Bertz CT molecular complexity index is 518. The highest BCUT2D eigenvalue weighted by Gasteiger charge is 2.35. The van der Waals surface area contributed by atoms with Crippen molar-refractivity contribution in [3.63, 3.8) is 0 Å². The van der Waals surface area contributed by atoms with Gasteiger partial charge in [0.15, 0.2) is 5.01 Å². The van der Waals surface area contributed by atoms with E-state index in [2.05, 4.69) is 4.98 Å². The van der Waals surface area contributed by atoms with Gasteiger partial charge in [0.1, 0.15) is 6.10 Å². The molecule has 2 aromatic rings. The lowest BCUT2D eigenvalue weighted by Gasteiger charge is -2.07. The Hall–Kier alpha value is -0.920. The molecule has 0 saturated carbocycles. The first-order valence-corrected chi connectivity index (χ1v) is 6.39. The fourth-order valence-electron chi connectivity index (χ4n) is 1.35. The molecular formula is C10H8F3NOS2. The lowest BCUT2D eigenvalue weighted by Crippen LogP contribution is -2.03. The third-order valence-corrected chi connectivity index (χ3v) is 4.20. The Balaban J connectivity index is 2.30. The molecule has 2 heterocycles. The van der Waals surface area contributed by atoms with Crippen molar-refractivity contribution < 1.29 is 18.3 Å². The van der Waals surface area contributed by atoms with Crippen LogP contribution in [-0.2, 0) is 6.18 Å². The lowest BCUT2D eigenvalue weighted by atomic mass is 10.1. The van der Waals surface area contributed by atoms with Crippen LogP contribution in [0.1, 0.15) is 27.1 Å². The predicted octanol–water partition coefficient (Wildman–Crippen LogP) is 3.61. The van der Waals surface area contributed by atoms with E-state index in [0.29, 0.717) is 16.9 Å². The number of halogens is 3. The van der Waals surface area contributed by atoms with E-state index in [1.165, 1.54) is 11.3 Å². The number of hydrogen-bond donors (Lipinski definition) is 1.